The molecule has 0 spiro atoms. The maximum absolute atomic E-state index is 13.8. The lowest BCUT2D eigenvalue weighted by Crippen LogP contribution is -2.35. The molecule has 0 amide bonds. The molecule has 2 aromatic carbocycles. The number of benzene rings is 2. The molecule has 0 aliphatic carbocycles. The van der Waals surface area contributed by atoms with Crippen molar-refractivity contribution in [3.63, 3.8) is 0 Å². The van der Waals surface area contributed by atoms with Crippen molar-refractivity contribution < 1.29 is 9.13 Å². The number of aromatic nitrogens is 3. The van der Waals surface area contributed by atoms with Gasteiger partial charge in [-0.05, 0) is 41.5 Å². The molecule has 1 fully saturated rings. The molecule has 170 valence electrons. The summed E-state index contributed by atoms with van der Waals surface area (Å²) in [4.78, 5) is 15.7. The lowest BCUT2D eigenvalue weighted by molar-refractivity contribution is 0.0342. The summed E-state index contributed by atoms with van der Waals surface area (Å²) in [6, 6.07) is 13.4. The summed E-state index contributed by atoms with van der Waals surface area (Å²) in [6.45, 7) is 4.39. The summed E-state index contributed by atoms with van der Waals surface area (Å²) in [6.07, 6.45) is 1.49. The van der Waals surface area contributed by atoms with Crippen LogP contribution in [0.4, 0.5) is 26.7 Å². The number of hydrogen-bond acceptors (Lipinski definition) is 8. The molecule has 1 aliphatic rings. The number of hydrogen-bond donors (Lipinski definition) is 2. The first-order chi connectivity index (χ1) is 16.2. The molecule has 1 saturated heterocycles. The quantitative estimate of drug-likeness (QED) is 0.223. The van der Waals surface area contributed by atoms with Crippen LogP contribution in [0.1, 0.15) is 11.1 Å². The van der Waals surface area contributed by atoms with Gasteiger partial charge in [-0.1, -0.05) is 46.1 Å². The number of nitrogens with one attached hydrogen (secondary N) is 2. The Morgan fingerprint density at radius 1 is 1.06 bits per heavy atom. The first-order valence-corrected chi connectivity index (χ1v) is 12.9. The second kappa shape index (κ2) is 10.2. The van der Waals surface area contributed by atoms with Gasteiger partial charge in [-0.2, -0.15) is 4.98 Å². The summed E-state index contributed by atoms with van der Waals surface area (Å²) < 4.78 is 20.7. The maximum Gasteiger partial charge on any atom is 0.189 e. The standard InChI is InChI=1S/C23H22FIN6OS/c24-19-5-4-18(11-16(19)12-25)28-21-20-22(27-14-26-21)30-23(33-20)29-17-3-1-2-15(10-17)13-31-6-8-32-9-7-31/h1-5,10-11,14H,6-9,12-13H2,(H2,26,27,28,29,30). The van der Waals surface area contributed by atoms with E-state index in [1.807, 2.05) is 6.07 Å². The number of anilines is 4. The molecule has 5 rings (SSSR count). The van der Waals surface area contributed by atoms with Gasteiger partial charge in [-0.25, -0.2) is 14.4 Å². The molecular weight excluding hydrogens is 554 g/mol. The third kappa shape index (κ3) is 5.40. The number of alkyl halides is 1. The average Bonchev–Trinajstić information content (AvgIpc) is 3.24. The Hall–Kier alpha value is -2.41. The predicted octanol–water partition coefficient (Wildman–Crippen LogP) is 5.48. The molecule has 10 heteroatoms. The number of rotatable bonds is 7. The smallest absolute Gasteiger partial charge is 0.189 e. The van der Waals surface area contributed by atoms with E-state index in [-0.39, 0.29) is 5.82 Å². The minimum absolute atomic E-state index is 0.206. The highest BCUT2D eigenvalue weighted by Gasteiger charge is 2.14. The van der Waals surface area contributed by atoms with Gasteiger partial charge in [0.1, 0.15) is 16.8 Å². The second-order valence-corrected chi connectivity index (χ2v) is 9.43. The molecule has 1 aliphatic heterocycles. The zero-order valence-corrected chi connectivity index (χ0v) is 20.7. The van der Waals surface area contributed by atoms with Crippen molar-refractivity contribution in [3.05, 3.63) is 65.7 Å². The van der Waals surface area contributed by atoms with Crippen molar-refractivity contribution in [2.45, 2.75) is 11.0 Å². The van der Waals surface area contributed by atoms with Crippen molar-refractivity contribution in [1.29, 1.82) is 0 Å². The summed E-state index contributed by atoms with van der Waals surface area (Å²) in [5.74, 6) is 0.445. The van der Waals surface area contributed by atoms with E-state index in [1.165, 1.54) is 29.3 Å². The normalized spacial score (nSPS) is 14.5. The van der Waals surface area contributed by atoms with Crippen LogP contribution >= 0.6 is 33.9 Å². The fraction of sp³-hybridized carbons (Fsp3) is 0.261. The van der Waals surface area contributed by atoms with Gasteiger partial charge < -0.3 is 15.4 Å². The third-order valence-electron chi connectivity index (χ3n) is 5.33. The van der Waals surface area contributed by atoms with Crippen LogP contribution in [0.2, 0.25) is 0 Å². The fourth-order valence-corrected chi connectivity index (χ4v) is 5.15. The van der Waals surface area contributed by atoms with Gasteiger partial charge in [0.15, 0.2) is 16.6 Å². The molecule has 7 nitrogen and oxygen atoms in total. The number of ether oxygens (including phenoxy) is 1. The van der Waals surface area contributed by atoms with Gasteiger partial charge in [-0.15, -0.1) is 0 Å². The second-order valence-electron chi connectivity index (χ2n) is 7.67. The summed E-state index contributed by atoms with van der Waals surface area (Å²) in [5.41, 5.74) is 4.26. The van der Waals surface area contributed by atoms with E-state index in [2.05, 4.69) is 71.3 Å². The molecule has 2 aromatic heterocycles. The molecule has 2 N–H and O–H groups in total. The van der Waals surface area contributed by atoms with E-state index in [0.717, 1.165) is 54.1 Å². The molecule has 0 unspecified atom stereocenters. The third-order valence-corrected chi connectivity index (χ3v) is 7.12. The van der Waals surface area contributed by atoms with E-state index in [0.29, 0.717) is 21.5 Å². The van der Waals surface area contributed by atoms with Crippen molar-refractivity contribution in [2.24, 2.45) is 0 Å². The van der Waals surface area contributed by atoms with Gasteiger partial charge in [0, 0.05) is 35.4 Å². The maximum atomic E-state index is 13.8. The van der Waals surface area contributed by atoms with Crippen LogP contribution in [0.3, 0.4) is 0 Å². The Labute approximate surface area is 208 Å². The Morgan fingerprint density at radius 3 is 2.76 bits per heavy atom. The van der Waals surface area contributed by atoms with Gasteiger partial charge in [-0.3, -0.25) is 4.90 Å². The van der Waals surface area contributed by atoms with Crippen LogP contribution in [0.15, 0.2) is 48.8 Å². The minimum atomic E-state index is -0.206. The van der Waals surface area contributed by atoms with Crippen LogP contribution in [0, 0.1) is 5.82 Å². The molecule has 0 atom stereocenters. The highest BCUT2D eigenvalue weighted by Crippen LogP contribution is 2.33. The first-order valence-electron chi connectivity index (χ1n) is 10.6. The van der Waals surface area contributed by atoms with Crippen molar-refractivity contribution >= 4 is 66.6 Å². The molecule has 3 heterocycles. The van der Waals surface area contributed by atoms with Gasteiger partial charge in [0.05, 0.1) is 13.2 Å². The van der Waals surface area contributed by atoms with Crippen LogP contribution in [-0.2, 0) is 15.7 Å². The summed E-state index contributed by atoms with van der Waals surface area (Å²) in [7, 11) is 0. The number of morpholine rings is 1. The predicted molar refractivity (Wildman–Crippen MR) is 138 cm³/mol. The number of thiazole rings is 1. The zero-order valence-electron chi connectivity index (χ0n) is 17.7. The summed E-state index contributed by atoms with van der Waals surface area (Å²) >= 11 is 3.63. The Bertz CT molecular complexity index is 1260. The lowest BCUT2D eigenvalue weighted by Gasteiger charge is -2.26. The highest BCUT2D eigenvalue weighted by atomic mass is 127. The molecule has 0 saturated carbocycles. The van der Waals surface area contributed by atoms with Gasteiger partial charge >= 0.3 is 0 Å². The van der Waals surface area contributed by atoms with Crippen LogP contribution in [0.5, 0.6) is 0 Å². The van der Waals surface area contributed by atoms with Gasteiger partial charge in [0.2, 0.25) is 0 Å². The van der Waals surface area contributed by atoms with E-state index in [4.69, 9.17) is 4.74 Å². The highest BCUT2D eigenvalue weighted by molar-refractivity contribution is 14.1. The molecule has 4 aromatic rings. The van der Waals surface area contributed by atoms with E-state index in [9.17, 15) is 4.39 Å². The van der Waals surface area contributed by atoms with Crippen LogP contribution in [-0.4, -0.2) is 46.2 Å². The fourth-order valence-electron chi connectivity index (χ4n) is 3.68. The van der Waals surface area contributed by atoms with Crippen molar-refractivity contribution in [3.8, 4) is 0 Å². The Kier molecular flexibility index (Phi) is 6.95. The Balaban J connectivity index is 1.34. The first kappa shape index (κ1) is 22.4. The number of nitrogens with zero attached hydrogens (tertiary/aromatic N) is 4. The van der Waals surface area contributed by atoms with Crippen LogP contribution in [0.25, 0.3) is 10.3 Å². The van der Waals surface area contributed by atoms with E-state index < -0.39 is 0 Å². The summed E-state index contributed by atoms with van der Waals surface area (Å²) in [5, 5.41) is 7.43. The minimum Gasteiger partial charge on any atom is -0.379 e. The lowest BCUT2D eigenvalue weighted by atomic mass is 10.2. The molecule has 33 heavy (non-hydrogen) atoms. The SMILES string of the molecule is Fc1ccc(Nc2ncnc3nc(Nc4cccc(CN5CCOCC5)c4)sc23)cc1CI. The van der Waals surface area contributed by atoms with Crippen LogP contribution < -0.4 is 10.6 Å². The average molecular weight is 576 g/mol. The number of halogens is 2. The van der Waals surface area contributed by atoms with E-state index >= 15 is 0 Å². The van der Waals surface area contributed by atoms with Crippen molar-refractivity contribution in [2.75, 3.05) is 36.9 Å². The van der Waals surface area contributed by atoms with Crippen molar-refractivity contribution in [1.82, 2.24) is 19.9 Å². The topological polar surface area (TPSA) is 75.2 Å². The monoisotopic (exact) mass is 576 g/mol. The molecule has 0 bridgehead atoms. The molecular formula is C23H22FIN6OS. The van der Waals surface area contributed by atoms with Gasteiger partial charge in [0.25, 0.3) is 0 Å². The molecule has 0 radical (unpaired) electrons. The zero-order chi connectivity index (χ0) is 22.6. The Morgan fingerprint density at radius 2 is 1.91 bits per heavy atom. The number of fused-ring (bicyclic) bond motifs is 1. The van der Waals surface area contributed by atoms with E-state index in [1.54, 1.807) is 12.1 Å². The largest absolute Gasteiger partial charge is 0.379 e.